The van der Waals surface area contributed by atoms with Crippen molar-refractivity contribution in [1.82, 2.24) is 14.5 Å². The van der Waals surface area contributed by atoms with Crippen molar-refractivity contribution in [1.29, 1.82) is 0 Å². The fraction of sp³-hybridized carbons (Fsp3) is 0.391. The molecule has 0 aliphatic heterocycles. The summed E-state index contributed by atoms with van der Waals surface area (Å²) in [6.07, 6.45) is 0.642. The highest BCUT2D eigenvalue weighted by Gasteiger charge is 2.21. The molecule has 0 fully saturated rings. The van der Waals surface area contributed by atoms with Crippen LogP contribution in [0.3, 0.4) is 0 Å². The maximum atomic E-state index is 12.7. The molecule has 8 heteroatoms. The SMILES string of the molecule is CC(=O)c1ccc(S(=O)(=O)N(C)CCCC(=O)NC[C@@H](c2ccccc2)N(C)C)cc1. The molecule has 0 aliphatic carbocycles. The lowest BCUT2D eigenvalue weighted by atomic mass is 10.1. The Kier molecular flexibility index (Phi) is 8.91. The molecule has 2 aromatic rings. The van der Waals surface area contributed by atoms with E-state index in [4.69, 9.17) is 0 Å². The summed E-state index contributed by atoms with van der Waals surface area (Å²) in [7, 11) is 1.75. The van der Waals surface area contributed by atoms with Gasteiger partial charge in [0, 0.05) is 32.1 Å². The van der Waals surface area contributed by atoms with Crippen LogP contribution in [0.1, 0.15) is 41.7 Å². The molecule has 0 aliphatic rings. The van der Waals surface area contributed by atoms with E-state index in [0.29, 0.717) is 18.5 Å². The van der Waals surface area contributed by atoms with Gasteiger partial charge in [0.1, 0.15) is 0 Å². The summed E-state index contributed by atoms with van der Waals surface area (Å²) in [6.45, 7) is 2.13. The number of rotatable bonds is 11. The van der Waals surface area contributed by atoms with E-state index >= 15 is 0 Å². The van der Waals surface area contributed by atoms with E-state index in [1.54, 1.807) is 0 Å². The minimum absolute atomic E-state index is 0.0613. The zero-order valence-corrected chi connectivity index (χ0v) is 19.4. The van der Waals surface area contributed by atoms with E-state index in [-0.39, 0.29) is 35.6 Å². The predicted octanol–water partition coefficient (Wildman–Crippen LogP) is 2.71. The Labute approximate surface area is 185 Å². The lowest BCUT2D eigenvalue weighted by molar-refractivity contribution is -0.121. The standard InChI is InChI=1S/C23H31N3O4S/c1-18(27)19-12-14-21(15-13-19)31(29,30)26(4)16-8-11-23(28)24-17-22(25(2)3)20-9-6-5-7-10-20/h5-7,9-10,12-15,22H,8,11,16-17H2,1-4H3,(H,24,28)/t22-/m0/s1. The maximum Gasteiger partial charge on any atom is 0.242 e. The third-order valence-electron chi connectivity index (χ3n) is 5.15. The van der Waals surface area contributed by atoms with Gasteiger partial charge in [0.05, 0.1) is 10.9 Å². The second kappa shape index (κ2) is 11.2. The molecular weight excluding hydrogens is 414 g/mol. The van der Waals surface area contributed by atoms with Crippen LogP contribution in [-0.4, -0.2) is 63.5 Å². The number of hydrogen-bond donors (Lipinski definition) is 1. The van der Waals surface area contributed by atoms with Gasteiger partial charge in [-0.25, -0.2) is 12.7 Å². The monoisotopic (exact) mass is 445 g/mol. The summed E-state index contributed by atoms with van der Waals surface area (Å²) in [4.78, 5) is 25.8. The van der Waals surface area contributed by atoms with E-state index in [9.17, 15) is 18.0 Å². The van der Waals surface area contributed by atoms with Gasteiger partial charge in [-0.3, -0.25) is 9.59 Å². The Morgan fingerprint density at radius 1 is 0.968 bits per heavy atom. The van der Waals surface area contributed by atoms with E-state index in [1.165, 1.54) is 42.5 Å². The number of hydrogen-bond acceptors (Lipinski definition) is 5. The Morgan fingerprint density at radius 2 is 1.58 bits per heavy atom. The molecule has 0 radical (unpaired) electrons. The summed E-state index contributed by atoms with van der Waals surface area (Å²) in [5.41, 5.74) is 1.58. The van der Waals surface area contributed by atoms with Crippen molar-refractivity contribution in [3.63, 3.8) is 0 Å². The predicted molar refractivity (Wildman–Crippen MR) is 121 cm³/mol. The minimum Gasteiger partial charge on any atom is -0.354 e. The van der Waals surface area contributed by atoms with Crippen LogP contribution in [0.15, 0.2) is 59.5 Å². The van der Waals surface area contributed by atoms with Gasteiger partial charge in [-0.15, -0.1) is 0 Å². The number of likely N-dealkylation sites (N-methyl/N-ethyl adjacent to an activating group) is 1. The van der Waals surface area contributed by atoms with Crippen molar-refractivity contribution in [2.45, 2.75) is 30.7 Å². The summed E-state index contributed by atoms with van der Waals surface area (Å²) < 4.78 is 26.6. The molecule has 0 bridgehead atoms. The zero-order chi connectivity index (χ0) is 23.0. The van der Waals surface area contributed by atoms with Crippen molar-refractivity contribution < 1.29 is 18.0 Å². The normalized spacial score (nSPS) is 12.7. The van der Waals surface area contributed by atoms with Crippen LogP contribution >= 0.6 is 0 Å². The molecule has 168 valence electrons. The molecule has 1 amide bonds. The third kappa shape index (κ3) is 6.99. The molecule has 0 spiro atoms. The van der Waals surface area contributed by atoms with Crippen molar-refractivity contribution in [3.8, 4) is 0 Å². The highest BCUT2D eigenvalue weighted by atomic mass is 32.2. The minimum atomic E-state index is -3.67. The number of benzene rings is 2. The average molecular weight is 446 g/mol. The largest absolute Gasteiger partial charge is 0.354 e. The number of Topliss-reactive ketones (excluding diaryl/α,β-unsaturated/α-hetero) is 1. The number of carbonyl (C=O) groups excluding carboxylic acids is 2. The van der Waals surface area contributed by atoms with Crippen LogP contribution in [0, 0.1) is 0 Å². The highest BCUT2D eigenvalue weighted by Crippen LogP contribution is 2.18. The zero-order valence-electron chi connectivity index (χ0n) is 18.5. The summed E-state index contributed by atoms with van der Waals surface area (Å²) in [6, 6.07) is 15.9. The summed E-state index contributed by atoms with van der Waals surface area (Å²) >= 11 is 0. The van der Waals surface area contributed by atoms with E-state index in [1.807, 2.05) is 49.3 Å². The van der Waals surface area contributed by atoms with Crippen molar-refractivity contribution in [2.24, 2.45) is 0 Å². The quantitative estimate of drug-likeness (QED) is 0.538. The Balaban J connectivity index is 1.84. The first-order chi connectivity index (χ1) is 14.6. The van der Waals surface area contributed by atoms with Crippen molar-refractivity contribution in [2.75, 3.05) is 34.2 Å². The average Bonchev–Trinajstić information content (AvgIpc) is 2.74. The Morgan fingerprint density at radius 3 is 2.13 bits per heavy atom. The molecule has 1 N–H and O–H groups in total. The molecule has 0 unspecified atom stereocenters. The van der Waals surface area contributed by atoms with E-state index < -0.39 is 10.0 Å². The molecule has 2 rings (SSSR count). The van der Waals surface area contributed by atoms with Gasteiger partial charge in [-0.05, 0) is 45.1 Å². The Bertz CT molecular complexity index is 974. The van der Waals surface area contributed by atoms with Crippen LogP contribution in [0.4, 0.5) is 0 Å². The summed E-state index contributed by atoms with van der Waals surface area (Å²) in [5, 5.41) is 2.94. The second-order valence-electron chi connectivity index (χ2n) is 7.70. The summed E-state index contributed by atoms with van der Waals surface area (Å²) in [5.74, 6) is -0.230. The molecule has 0 heterocycles. The van der Waals surface area contributed by atoms with Gasteiger partial charge in [-0.1, -0.05) is 42.5 Å². The first kappa shape index (κ1) is 24.7. The smallest absolute Gasteiger partial charge is 0.242 e. The van der Waals surface area contributed by atoms with Gasteiger partial charge in [-0.2, -0.15) is 0 Å². The number of sulfonamides is 1. The van der Waals surface area contributed by atoms with Gasteiger partial charge in [0.15, 0.2) is 5.78 Å². The topological polar surface area (TPSA) is 86.8 Å². The molecular formula is C23H31N3O4S. The fourth-order valence-corrected chi connectivity index (χ4v) is 4.41. The molecule has 1 atom stereocenters. The second-order valence-corrected chi connectivity index (χ2v) is 9.75. The number of ketones is 1. The first-order valence-electron chi connectivity index (χ1n) is 10.2. The number of amides is 1. The molecule has 0 saturated heterocycles. The highest BCUT2D eigenvalue weighted by molar-refractivity contribution is 7.89. The molecule has 0 saturated carbocycles. The number of carbonyl (C=O) groups is 2. The van der Waals surface area contributed by atoms with Gasteiger partial charge in [0.2, 0.25) is 15.9 Å². The van der Waals surface area contributed by atoms with E-state index in [0.717, 1.165) is 5.56 Å². The Hall–Kier alpha value is -2.55. The van der Waals surface area contributed by atoms with Crippen LogP contribution in [0.2, 0.25) is 0 Å². The van der Waals surface area contributed by atoms with Crippen LogP contribution in [0.25, 0.3) is 0 Å². The number of nitrogens with zero attached hydrogens (tertiary/aromatic N) is 2. The van der Waals surface area contributed by atoms with Gasteiger partial charge < -0.3 is 10.2 Å². The first-order valence-corrected chi connectivity index (χ1v) is 11.6. The maximum absolute atomic E-state index is 12.7. The molecule has 7 nitrogen and oxygen atoms in total. The van der Waals surface area contributed by atoms with Crippen LogP contribution in [0.5, 0.6) is 0 Å². The molecule has 31 heavy (non-hydrogen) atoms. The van der Waals surface area contributed by atoms with E-state index in [2.05, 4.69) is 5.32 Å². The van der Waals surface area contributed by atoms with Crippen molar-refractivity contribution in [3.05, 3.63) is 65.7 Å². The van der Waals surface area contributed by atoms with Gasteiger partial charge in [0.25, 0.3) is 0 Å². The molecule has 0 aromatic heterocycles. The lowest BCUT2D eigenvalue weighted by Gasteiger charge is -2.25. The van der Waals surface area contributed by atoms with Crippen molar-refractivity contribution >= 4 is 21.7 Å². The van der Waals surface area contributed by atoms with Crippen LogP contribution < -0.4 is 5.32 Å². The number of nitrogens with one attached hydrogen (secondary N) is 1. The fourth-order valence-electron chi connectivity index (χ4n) is 3.20. The third-order valence-corrected chi connectivity index (χ3v) is 7.02. The molecule has 2 aromatic carbocycles. The van der Waals surface area contributed by atoms with Gasteiger partial charge >= 0.3 is 0 Å². The van der Waals surface area contributed by atoms with Crippen LogP contribution in [-0.2, 0) is 14.8 Å². The lowest BCUT2D eigenvalue weighted by Crippen LogP contribution is -2.35.